The summed E-state index contributed by atoms with van der Waals surface area (Å²) in [5.41, 5.74) is 7.76. The first-order chi connectivity index (χ1) is 8.85. The molecule has 0 radical (unpaired) electrons. The van der Waals surface area contributed by atoms with Crippen molar-refractivity contribution in [2.75, 3.05) is 44.9 Å². The molecule has 1 aromatic rings. The van der Waals surface area contributed by atoms with Crippen molar-refractivity contribution in [3.05, 3.63) is 29.8 Å². The van der Waals surface area contributed by atoms with E-state index >= 15 is 0 Å². The Morgan fingerprint density at radius 3 is 2.83 bits per heavy atom. The number of hydrogen-bond acceptors (Lipinski definition) is 4. The van der Waals surface area contributed by atoms with Crippen LogP contribution in [0.1, 0.15) is 5.56 Å². The van der Waals surface area contributed by atoms with Crippen molar-refractivity contribution in [2.45, 2.75) is 0 Å². The van der Waals surface area contributed by atoms with Crippen molar-refractivity contribution in [1.29, 1.82) is 0 Å². The van der Waals surface area contributed by atoms with Gasteiger partial charge in [0, 0.05) is 30.9 Å². The fourth-order valence-electron chi connectivity index (χ4n) is 2.07. The smallest absolute Gasteiger partial charge is 0.126 e. The Morgan fingerprint density at radius 1 is 1.39 bits per heavy atom. The topological polar surface area (TPSA) is 47.7 Å². The molecule has 0 aliphatic carbocycles. The van der Waals surface area contributed by atoms with Crippen molar-refractivity contribution in [3.63, 3.8) is 0 Å². The first-order valence-corrected chi connectivity index (χ1v) is 6.22. The van der Waals surface area contributed by atoms with Crippen LogP contribution in [0.5, 0.6) is 5.75 Å². The van der Waals surface area contributed by atoms with Gasteiger partial charge in [-0.05, 0) is 18.2 Å². The van der Waals surface area contributed by atoms with Crippen LogP contribution in [0.2, 0.25) is 0 Å². The molecule has 0 atom stereocenters. The molecule has 1 fully saturated rings. The van der Waals surface area contributed by atoms with Crippen LogP contribution in [0.25, 0.3) is 6.08 Å². The molecule has 0 aromatic heterocycles. The second-order valence-electron chi connectivity index (χ2n) is 4.16. The minimum Gasteiger partial charge on any atom is -0.496 e. The van der Waals surface area contributed by atoms with Gasteiger partial charge in [0.15, 0.2) is 0 Å². The van der Waals surface area contributed by atoms with Crippen LogP contribution in [0.4, 0.5) is 5.69 Å². The summed E-state index contributed by atoms with van der Waals surface area (Å²) >= 11 is 0. The third kappa shape index (κ3) is 3.03. The molecule has 0 spiro atoms. The van der Waals surface area contributed by atoms with Crippen molar-refractivity contribution in [1.82, 2.24) is 0 Å². The average molecular weight is 248 g/mol. The summed E-state index contributed by atoms with van der Waals surface area (Å²) in [6, 6.07) is 6.22. The molecular formula is C14H20N2O2. The number of rotatable bonds is 4. The molecule has 1 aromatic carbocycles. The molecule has 2 rings (SSSR count). The Bertz CT molecular complexity index is 412. The number of nitrogens with two attached hydrogens (primary N) is 1. The van der Waals surface area contributed by atoms with Crippen LogP contribution in [0, 0.1) is 0 Å². The first-order valence-electron chi connectivity index (χ1n) is 6.22. The standard InChI is InChI=1S/C14H20N2O2/c1-17-14-5-4-13(11-12(14)3-2-6-15)16-7-9-18-10-8-16/h2-5,11H,6-10,15H2,1H3/b3-2+. The fraction of sp³-hybridized carbons (Fsp3) is 0.429. The SMILES string of the molecule is COc1ccc(N2CCOCC2)cc1/C=C/CN. The quantitative estimate of drug-likeness (QED) is 0.877. The van der Waals surface area contributed by atoms with E-state index in [4.69, 9.17) is 15.2 Å². The molecule has 0 amide bonds. The summed E-state index contributed by atoms with van der Waals surface area (Å²) < 4.78 is 10.7. The van der Waals surface area contributed by atoms with Gasteiger partial charge in [0.2, 0.25) is 0 Å². The second-order valence-corrected chi connectivity index (χ2v) is 4.16. The summed E-state index contributed by atoms with van der Waals surface area (Å²) in [5, 5.41) is 0. The third-order valence-electron chi connectivity index (χ3n) is 3.02. The molecule has 4 nitrogen and oxygen atoms in total. The molecule has 4 heteroatoms. The van der Waals surface area contributed by atoms with E-state index in [-0.39, 0.29) is 0 Å². The average Bonchev–Trinajstić information content (AvgIpc) is 2.45. The van der Waals surface area contributed by atoms with E-state index in [1.165, 1.54) is 5.69 Å². The number of hydrogen-bond donors (Lipinski definition) is 1. The minimum atomic E-state index is 0.533. The molecule has 18 heavy (non-hydrogen) atoms. The number of anilines is 1. The molecule has 0 bridgehead atoms. The highest BCUT2D eigenvalue weighted by Crippen LogP contribution is 2.26. The van der Waals surface area contributed by atoms with Gasteiger partial charge in [-0.15, -0.1) is 0 Å². The molecule has 1 heterocycles. The van der Waals surface area contributed by atoms with Gasteiger partial charge >= 0.3 is 0 Å². The highest BCUT2D eigenvalue weighted by Gasteiger charge is 2.12. The lowest BCUT2D eigenvalue weighted by Crippen LogP contribution is -2.36. The molecule has 2 N–H and O–H groups in total. The van der Waals surface area contributed by atoms with Crippen molar-refractivity contribution < 1.29 is 9.47 Å². The molecular weight excluding hydrogens is 228 g/mol. The molecule has 1 aliphatic rings. The van der Waals surface area contributed by atoms with Crippen LogP contribution in [-0.4, -0.2) is 40.0 Å². The van der Waals surface area contributed by atoms with Gasteiger partial charge < -0.3 is 20.1 Å². The summed E-state index contributed by atoms with van der Waals surface area (Å²) in [6.07, 6.45) is 3.93. The molecule has 0 unspecified atom stereocenters. The Hall–Kier alpha value is -1.52. The molecule has 1 aliphatic heterocycles. The zero-order valence-electron chi connectivity index (χ0n) is 10.8. The Balaban J connectivity index is 2.23. The van der Waals surface area contributed by atoms with Gasteiger partial charge in [0.05, 0.1) is 20.3 Å². The molecule has 0 saturated carbocycles. The first kappa shape index (κ1) is 12.9. The highest BCUT2D eigenvalue weighted by molar-refractivity contribution is 5.64. The van der Waals surface area contributed by atoms with E-state index in [0.29, 0.717) is 6.54 Å². The van der Waals surface area contributed by atoms with Crippen LogP contribution >= 0.6 is 0 Å². The van der Waals surface area contributed by atoms with Gasteiger partial charge in [0.1, 0.15) is 5.75 Å². The largest absolute Gasteiger partial charge is 0.496 e. The third-order valence-corrected chi connectivity index (χ3v) is 3.02. The monoisotopic (exact) mass is 248 g/mol. The number of methoxy groups -OCH3 is 1. The van der Waals surface area contributed by atoms with Gasteiger partial charge in [0.25, 0.3) is 0 Å². The van der Waals surface area contributed by atoms with E-state index in [2.05, 4.69) is 17.0 Å². The van der Waals surface area contributed by atoms with Crippen molar-refractivity contribution in [3.8, 4) is 5.75 Å². The van der Waals surface area contributed by atoms with Crippen LogP contribution in [-0.2, 0) is 4.74 Å². The van der Waals surface area contributed by atoms with E-state index in [1.54, 1.807) is 7.11 Å². The van der Waals surface area contributed by atoms with Gasteiger partial charge in [-0.3, -0.25) is 0 Å². The van der Waals surface area contributed by atoms with Crippen molar-refractivity contribution in [2.24, 2.45) is 5.73 Å². The maximum absolute atomic E-state index is 5.49. The summed E-state index contributed by atoms with van der Waals surface area (Å²) in [6.45, 7) is 3.99. The van der Waals surface area contributed by atoms with Crippen LogP contribution in [0.15, 0.2) is 24.3 Å². The number of ether oxygens (including phenoxy) is 2. The normalized spacial score (nSPS) is 16.2. The van der Waals surface area contributed by atoms with Gasteiger partial charge in [-0.25, -0.2) is 0 Å². The Labute approximate surface area is 108 Å². The Kier molecular flexibility index (Phi) is 4.61. The maximum Gasteiger partial charge on any atom is 0.126 e. The predicted molar refractivity (Wildman–Crippen MR) is 74.1 cm³/mol. The zero-order chi connectivity index (χ0) is 12.8. The minimum absolute atomic E-state index is 0.533. The van der Waals surface area contributed by atoms with Crippen LogP contribution in [0.3, 0.4) is 0 Å². The van der Waals surface area contributed by atoms with E-state index in [9.17, 15) is 0 Å². The second kappa shape index (κ2) is 6.42. The lowest BCUT2D eigenvalue weighted by atomic mass is 10.1. The van der Waals surface area contributed by atoms with Gasteiger partial charge in [-0.1, -0.05) is 12.2 Å². The summed E-state index contributed by atoms with van der Waals surface area (Å²) in [7, 11) is 1.68. The fourth-order valence-corrected chi connectivity index (χ4v) is 2.07. The van der Waals surface area contributed by atoms with E-state index in [0.717, 1.165) is 37.6 Å². The lowest BCUT2D eigenvalue weighted by Gasteiger charge is -2.29. The molecule has 98 valence electrons. The highest BCUT2D eigenvalue weighted by atomic mass is 16.5. The summed E-state index contributed by atoms with van der Waals surface area (Å²) in [5.74, 6) is 0.872. The maximum atomic E-state index is 5.49. The van der Waals surface area contributed by atoms with E-state index in [1.807, 2.05) is 18.2 Å². The molecule has 1 saturated heterocycles. The van der Waals surface area contributed by atoms with Gasteiger partial charge in [-0.2, -0.15) is 0 Å². The van der Waals surface area contributed by atoms with Crippen LogP contribution < -0.4 is 15.4 Å². The lowest BCUT2D eigenvalue weighted by molar-refractivity contribution is 0.122. The van der Waals surface area contributed by atoms with E-state index < -0.39 is 0 Å². The predicted octanol–water partition coefficient (Wildman–Crippen LogP) is 1.50. The Morgan fingerprint density at radius 2 is 2.17 bits per heavy atom. The number of morpholine rings is 1. The zero-order valence-corrected chi connectivity index (χ0v) is 10.8. The number of nitrogens with zero attached hydrogens (tertiary/aromatic N) is 1. The van der Waals surface area contributed by atoms with Crippen molar-refractivity contribution >= 4 is 11.8 Å². The summed E-state index contributed by atoms with van der Waals surface area (Å²) in [4.78, 5) is 2.32. The number of benzene rings is 1.